The van der Waals surface area contributed by atoms with Gasteiger partial charge in [-0.3, -0.25) is 14.2 Å². The van der Waals surface area contributed by atoms with Gasteiger partial charge in [-0.25, -0.2) is 10.4 Å². The number of aromatic nitrogens is 2. The maximum Gasteiger partial charge on any atom is 0.266 e. The molecule has 8 nitrogen and oxygen atoms in total. The molecular weight excluding hydrogens is 452 g/mol. The van der Waals surface area contributed by atoms with Gasteiger partial charge in [0.05, 0.1) is 34.5 Å². The van der Waals surface area contributed by atoms with Gasteiger partial charge < -0.3 is 9.90 Å². The number of rotatable bonds is 7. The van der Waals surface area contributed by atoms with Crippen molar-refractivity contribution in [2.45, 2.75) is 12.1 Å². The first-order chi connectivity index (χ1) is 16.4. The number of aromatic carboxylic acids is 1. The zero-order valence-corrected chi connectivity index (χ0v) is 18.9. The molecule has 0 bridgehead atoms. The molecule has 4 aromatic rings. The highest BCUT2D eigenvalue weighted by Crippen LogP contribution is 2.21. The van der Waals surface area contributed by atoms with Crippen LogP contribution >= 0.6 is 11.8 Å². The fraction of sp³-hybridized carbons (Fsp3) is 0.0800. The van der Waals surface area contributed by atoms with Crippen LogP contribution in [-0.2, 0) is 4.79 Å². The first-order valence-electron chi connectivity index (χ1n) is 10.3. The van der Waals surface area contributed by atoms with E-state index in [2.05, 4.69) is 15.5 Å². The second-order valence-electron chi connectivity index (χ2n) is 7.34. The van der Waals surface area contributed by atoms with E-state index in [0.29, 0.717) is 27.3 Å². The molecule has 0 spiro atoms. The Balaban J connectivity index is 1.56. The molecule has 170 valence electrons. The molecule has 4 rings (SSSR count). The number of thioether (sulfide) groups is 1. The summed E-state index contributed by atoms with van der Waals surface area (Å²) in [6.07, 6.45) is 1.24. The maximum atomic E-state index is 13.2. The average molecular weight is 472 g/mol. The van der Waals surface area contributed by atoms with E-state index in [1.165, 1.54) is 16.8 Å². The Morgan fingerprint density at radius 2 is 1.76 bits per heavy atom. The van der Waals surface area contributed by atoms with E-state index in [4.69, 9.17) is 0 Å². The van der Waals surface area contributed by atoms with Crippen LogP contribution in [0.4, 0.5) is 0 Å². The highest BCUT2D eigenvalue weighted by molar-refractivity contribution is 7.99. The molecule has 0 saturated heterocycles. The van der Waals surface area contributed by atoms with Crippen molar-refractivity contribution in [3.63, 3.8) is 0 Å². The van der Waals surface area contributed by atoms with E-state index in [1.807, 2.05) is 31.2 Å². The summed E-state index contributed by atoms with van der Waals surface area (Å²) < 4.78 is 1.49. The van der Waals surface area contributed by atoms with Crippen molar-refractivity contribution in [3.8, 4) is 5.69 Å². The summed E-state index contributed by atoms with van der Waals surface area (Å²) in [6.45, 7) is 1.96. The van der Waals surface area contributed by atoms with E-state index in [-0.39, 0.29) is 16.9 Å². The van der Waals surface area contributed by atoms with Gasteiger partial charge in [0.15, 0.2) is 5.16 Å². The Labute approximate surface area is 199 Å². The summed E-state index contributed by atoms with van der Waals surface area (Å²) in [5.74, 6) is -1.83. The molecule has 0 radical (unpaired) electrons. The summed E-state index contributed by atoms with van der Waals surface area (Å²) in [5, 5.41) is 15.9. The third kappa shape index (κ3) is 5.05. The van der Waals surface area contributed by atoms with Gasteiger partial charge in [-0.2, -0.15) is 5.10 Å². The molecule has 1 aromatic heterocycles. The second kappa shape index (κ2) is 10.1. The van der Waals surface area contributed by atoms with Crippen molar-refractivity contribution in [2.75, 3.05) is 5.75 Å². The van der Waals surface area contributed by atoms with E-state index in [1.54, 1.807) is 42.5 Å². The van der Waals surface area contributed by atoms with Gasteiger partial charge in [-0.1, -0.05) is 65.9 Å². The molecule has 3 aromatic carbocycles. The van der Waals surface area contributed by atoms with Crippen LogP contribution in [0.3, 0.4) is 0 Å². The fourth-order valence-electron chi connectivity index (χ4n) is 3.26. The minimum Gasteiger partial charge on any atom is -0.545 e. The molecule has 34 heavy (non-hydrogen) atoms. The largest absolute Gasteiger partial charge is 0.545 e. The lowest BCUT2D eigenvalue weighted by Gasteiger charge is -2.13. The van der Waals surface area contributed by atoms with Gasteiger partial charge in [-0.05, 0) is 31.2 Å². The molecule has 0 aliphatic carbocycles. The Bertz CT molecular complexity index is 1460. The Hall–Kier alpha value is -4.24. The highest BCUT2D eigenvalue weighted by Gasteiger charge is 2.14. The van der Waals surface area contributed by atoms with Crippen molar-refractivity contribution < 1.29 is 14.7 Å². The first-order valence-corrected chi connectivity index (χ1v) is 11.3. The molecule has 0 aliphatic rings. The number of benzene rings is 3. The number of para-hydroxylation sites is 1. The number of nitrogens with one attached hydrogen (secondary N) is 1. The minimum absolute atomic E-state index is 0.0302. The standard InChI is InChI=1S/C25H20N4O4S/c1-16-10-12-18(13-11-16)29-23(31)20-8-4-5-9-21(20)27-25(29)34-15-22(30)28-26-14-17-6-2-3-7-19(17)24(32)33/h2-14H,15H2,1H3,(H,28,30)(H,32,33)/p-1/b26-14-. The number of hydrogen-bond acceptors (Lipinski definition) is 7. The van der Waals surface area contributed by atoms with Gasteiger partial charge in [0.1, 0.15) is 0 Å². The number of carbonyl (C=O) groups excluding carboxylic acids is 2. The first kappa shape index (κ1) is 22.9. The van der Waals surface area contributed by atoms with Crippen LogP contribution in [0.2, 0.25) is 0 Å². The lowest BCUT2D eigenvalue weighted by atomic mass is 10.1. The summed E-state index contributed by atoms with van der Waals surface area (Å²) in [6, 6.07) is 20.7. The molecule has 1 N–H and O–H groups in total. The molecule has 0 unspecified atom stereocenters. The zero-order chi connectivity index (χ0) is 24.1. The SMILES string of the molecule is Cc1ccc(-n2c(SCC(=O)N/N=C\c3ccccc3C(=O)[O-])nc3ccccc3c2=O)cc1. The average Bonchev–Trinajstić information content (AvgIpc) is 2.84. The smallest absolute Gasteiger partial charge is 0.266 e. The molecule has 0 fully saturated rings. The lowest BCUT2D eigenvalue weighted by molar-refractivity contribution is -0.255. The monoisotopic (exact) mass is 471 g/mol. The molecule has 0 saturated carbocycles. The van der Waals surface area contributed by atoms with Crippen molar-refractivity contribution in [2.24, 2.45) is 5.10 Å². The van der Waals surface area contributed by atoms with Crippen molar-refractivity contribution in [1.82, 2.24) is 15.0 Å². The summed E-state index contributed by atoms with van der Waals surface area (Å²) in [5.41, 5.74) is 4.65. The van der Waals surface area contributed by atoms with Crippen LogP contribution in [-0.4, -0.2) is 33.4 Å². The quantitative estimate of drug-likeness (QED) is 0.191. The fourth-order valence-corrected chi connectivity index (χ4v) is 4.07. The van der Waals surface area contributed by atoms with E-state index >= 15 is 0 Å². The van der Waals surface area contributed by atoms with Crippen molar-refractivity contribution >= 4 is 40.8 Å². The Morgan fingerprint density at radius 3 is 2.53 bits per heavy atom. The van der Waals surface area contributed by atoms with E-state index < -0.39 is 11.9 Å². The van der Waals surface area contributed by atoms with Gasteiger partial charge >= 0.3 is 0 Å². The van der Waals surface area contributed by atoms with Crippen LogP contribution in [0.15, 0.2) is 87.8 Å². The molecule has 0 atom stereocenters. The lowest BCUT2D eigenvalue weighted by Crippen LogP contribution is -2.25. The van der Waals surface area contributed by atoms with Crippen molar-refractivity contribution in [1.29, 1.82) is 0 Å². The van der Waals surface area contributed by atoms with Crippen molar-refractivity contribution in [3.05, 3.63) is 99.8 Å². The third-order valence-electron chi connectivity index (χ3n) is 4.94. The normalized spacial score (nSPS) is 11.1. The topological polar surface area (TPSA) is 116 Å². The summed E-state index contributed by atoms with van der Waals surface area (Å²) in [7, 11) is 0. The number of aryl methyl sites for hydroxylation is 1. The highest BCUT2D eigenvalue weighted by atomic mass is 32.2. The molecular formula is C25H19N4O4S-. The number of fused-ring (bicyclic) bond motifs is 1. The van der Waals surface area contributed by atoms with Gasteiger partial charge in [0.2, 0.25) is 0 Å². The van der Waals surface area contributed by atoms with Gasteiger partial charge in [0, 0.05) is 11.1 Å². The predicted molar refractivity (Wildman–Crippen MR) is 129 cm³/mol. The predicted octanol–water partition coefficient (Wildman–Crippen LogP) is 2.30. The molecule has 0 aliphatic heterocycles. The number of carboxylic acids is 1. The summed E-state index contributed by atoms with van der Waals surface area (Å²) >= 11 is 1.10. The molecule has 1 heterocycles. The maximum absolute atomic E-state index is 13.2. The van der Waals surface area contributed by atoms with E-state index in [9.17, 15) is 19.5 Å². The van der Waals surface area contributed by atoms with Gasteiger partial charge in [-0.15, -0.1) is 0 Å². The minimum atomic E-state index is -1.33. The zero-order valence-electron chi connectivity index (χ0n) is 18.1. The third-order valence-corrected chi connectivity index (χ3v) is 5.88. The summed E-state index contributed by atoms with van der Waals surface area (Å²) in [4.78, 5) is 41.4. The number of carboxylic acid groups (broad SMARTS) is 1. The van der Waals surface area contributed by atoms with Crippen LogP contribution in [0.1, 0.15) is 21.5 Å². The van der Waals surface area contributed by atoms with E-state index in [0.717, 1.165) is 17.3 Å². The van der Waals surface area contributed by atoms with Crippen LogP contribution in [0.25, 0.3) is 16.6 Å². The van der Waals surface area contributed by atoms with Crippen LogP contribution in [0.5, 0.6) is 0 Å². The van der Waals surface area contributed by atoms with Crippen LogP contribution in [0, 0.1) is 6.92 Å². The van der Waals surface area contributed by atoms with Gasteiger partial charge in [0.25, 0.3) is 11.5 Å². The number of nitrogens with zero attached hydrogens (tertiary/aromatic N) is 3. The Kier molecular flexibility index (Phi) is 6.84. The molecule has 1 amide bonds. The van der Waals surface area contributed by atoms with Crippen LogP contribution < -0.4 is 16.1 Å². The number of hydrogen-bond donors (Lipinski definition) is 1. The molecule has 9 heteroatoms. The Morgan fingerprint density at radius 1 is 1.06 bits per heavy atom. The number of amides is 1. The number of hydrazone groups is 1. The number of carbonyl (C=O) groups is 2. The second-order valence-corrected chi connectivity index (χ2v) is 8.29.